The highest BCUT2D eigenvalue weighted by atomic mass is 31.2. The highest BCUT2D eigenvalue weighted by Gasteiger charge is 2.36. The molecule has 2 N–H and O–H groups in total. The van der Waals surface area contributed by atoms with Crippen LogP contribution < -0.4 is 0 Å². The van der Waals surface area contributed by atoms with E-state index in [0.29, 0.717) is 0 Å². The molecule has 122 valence electrons. The van der Waals surface area contributed by atoms with Gasteiger partial charge in [-0.2, -0.15) is 0 Å². The minimum Gasteiger partial charge on any atom is -0.303 e. The molecule has 0 rings (SSSR count). The predicted molar refractivity (Wildman–Crippen MR) is 83.7 cm³/mol. The number of hydrogen-bond donors (Lipinski definition) is 2. The van der Waals surface area contributed by atoms with Gasteiger partial charge in [0.1, 0.15) is 0 Å². The molecule has 5 heteroatoms. The van der Waals surface area contributed by atoms with Crippen LogP contribution in [0.15, 0.2) is 0 Å². The Morgan fingerprint density at radius 2 is 1.20 bits per heavy atom. The summed E-state index contributed by atoms with van der Waals surface area (Å²) < 4.78 is 16.6. The first kappa shape index (κ1) is 20.1. The fraction of sp³-hybridized carbons (Fsp3) is 1.00. The lowest BCUT2D eigenvalue weighted by atomic mass is 9.86. The fourth-order valence-electron chi connectivity index (χ4n) is 2.66. The molecule has 0 saturated carbocycles. The highest BCUT2D eigenvalue weighted by molar-refractivity contribution is 7.46. The van der Waals surface area contributed by atoms with Crippen LogP contribution in [-0.4, -0.2) is 15.4 Å². The molecule has 20 heavy (non-hydrogen) atoms. The molecule has 0 aromatic heterocycles. The summed E-state index contributed by atoms with van der Waals surface area (Å²) in [6.45, 7) is 6.36. The average molecular weight is 308 g/mol. The summed E-state index contributed by atoms with van der Waals surface area (Å²) >= 11 is 0. The van der Waals surface area contributed by atoms with Crippen molar-refractivity contribution in [2.45, 2.75) is 97.0 Å². The summed E-state index contributed by atoms with van der Waals surface area (Å²) in [5.74, 6) is 0. The second-order valence-electron chi connectivity index (χ2n) is 5.78. The predicted octanol–water partition coefficient (Wildman–Crippen LogP) is 5.19. The molecule has 0 fully saturated rings. The van der Waals surface area contributed by atoms with Gasteiger partial charge in [-0.1, -0.05) is 72.1 Å². The van der Waals surface area contributed by atoms with Gasteiger partial charge in [0.25, 0.3) is 0 Å². The minimum atomic E-state index is -4.42. The second-order valence-corrected chi connectivity index (χ2v) is 6.95. The van der Waals surface area contributed by atoms with Crippen molar-refractivity contribution in [1.82, 2.24) is 0 Å². The number of unbranched alkanes of at least 4 members (excludes halogenated alkanes) is 5. The van der Waals surface area contributed by atoms with Crippen LogP contribution in [0.4, 0.5) is 0 Å². The van der Waals surface area contributed by atoms with Crippen molar-refractivity contribution in [3.05, 3.63) is 0 Å². The molecule has 0 spiro atoms. The van der Waals surface area contributed by atoms with E-state index in [1.54, 1.807) is 0 Å². The van der Waals surface area contributed by atoms with Crippen molar-refractivity contribution in [3.8, 4) is 0 Å². The van der Waals surface area contributed by atoms with Crippen LogP contribution in [0.1, 0.15) is 91.4 Å². The monoisotopic (exact) mass is 308 g/mol. The zero-order valence-electron chi connectivity index (χ0n) is 13.4. The van der Waals surface area contributed by atoms with E-state index < -0.39 is 13.4 Å². The number of hydrogen-bond acceptors (Lipinski definition) is 2. The lowest BCUT2D eigenvalue weighted by Crippen LogP contribution is -2.32. The third-order valence-corrected chi connectivity index (χ3v) is 4.40. The highest BCUT2D eigenvalue weighted by Crippen LogP contribution is 2.47. The second kappa shape index (κ2) is 10.8. The molecule has 0 bridgehead atoms. The maximum atomic E-state index is 11.3. The Morgan fingerprint density at radius 1 is 0.800 bits per heavy atom. The van der Waals surface area contributed by atoms with Crippen LogP contribution in [0.2, 0.25) is 0 Å². The number of phosphoric acid groups is 1. The Balaban J connectivity index is 4.79. The Hall–Kier alpha value is 0.110. The van der Waals surface area contributed by atoms with E-state index in [9.17, 15) is 14.4 Å². The first-order valence-electron chi connectivity index (χ1n) is 8.15. The van der Waals surface area contributed by atoms with Crippen molar-refractivity contribution >= 4 is 7.82 Å². The summed E-state index contributed by atoms with van der Waals surface area (Å²) in [6, 6.07) is 0. The molecule has 0 aromatic rings. The SMILES string of the molecule is CCCCCC(CCCC)(CCCCC)OP(=O)(O)O. The number of rotatable bonds is 13. The first-order valence-corrected chi connectivity index (χ1v) is 9.68. The third-order valence-electron chi connectivity index (χ3n) is 3.77. The van der Waals surface area contributed by atoms with E-state index in [2.05, 4.69) is 20.8 Å². The van der Waals surface area contributed by atoms with Gasteiger partial charge in [0.05, 0.1) is 5.60 Å². The van der Waals surface area contributed by atoms with E-state index >= 15 is 0 Å². The molecule has 0 aliphatic heterocycles. The van der Waals surface area contributed by atoms with E-state index in [-0.39, 0.29) is 0 Å². The maximum Gasteiger partial charge on any atom is 0.470 e. The van der Waals surface area contributed by atoms with E-state index in [1.165, 1.54) is 0 Å². The van der Waals surface area contributed by atoms with Gasteiger partial charge in [-0.25, -0.2) is 4.57 Å². The molecule has 0 radical (unpaired) electrons. The van der Waals surface area contributed by atoms with Crippen molar-refractivity contribution < 1.29 is 18.9 Å². The normalized spacial score (nSPS) is 12.8. The Labute approximate surface area is 124 Å². The molecule has 0 amide bonds. The van der Waals surface area contributed by atoms with E-state index in [1.807, 2.05) is 0 Å². The molecule has 4 nitrogen and oxygen atoms in total. The standard InChI is InChI=1S/C15H33O4P/c1-4-7-10-13-15(12-9-6-3,14-11-8-5-2)19-20(16,17)18/h4-14H2,1-3H3,(H2,16,17,18). The lowest BCUT2D eigenvalue weighted by molar-refractivity contribution is 0.00589. The van der Waals surface area contributed by atoms with Gasteiger partial charge in [0, 0.05) is 0 Å². The van der Waals surface area contributed by atoms with Crippen LogP contribution in [-0.2, 0) is 9.09 Å². The van der Waals surface area contributed by atoms with Crippen LogP contribution in [0.25, 0.3) is 0 Å². The van der Waals surface area contributed by atoms with Gasteiger partial charge in [0.15, 0.2) is 0 Å². The van der Waals surface area contributed by atoms with Crippen LogP contribution in [0.5, 0.6) is 0 Å². The molecule has 0 heterocycles. The molecule has 0 unspecified atom stereocenters. The Morgan fingerprint density at radius 3 is 1.55 bits per heavy atom. The van der Waals surface area contributed by atoms with Crippen molar-refractivity contribution in [2.75, 3.05) is 0 Å². The quantitative estimate of drug-likeness (QED) is 0.363. The number of phosphoric ester groups is 1. The molecular weight excluding hydrogens is 275 g/mol. The molecule has 0 aliphatic rings. The van der Waals surface area contributed by atoms with Gasteiger partial charge >= 0.3 is 7.82 Å². The molecule has 0 aliphatic carbocycles. The molecule has 0 saturated heterocycles. The first-order chi connectivity index (χ1) is 9.39. The maximum absolute atomic E-state index is 11.3. The van der Waals surface area contributed by atoms with Gasteiger partial charge in [-0.15, -0.1) is 0 Å². The summed E-state index contributed by atoms with van der Waals surface area (Å²) in [7, 11) is -4.42. The van der Waals surface area contributed by atoms with Gasteiger partial charge in [-0.05, 0) is 19.3 Å². The minimum absolute atomic E-state index is 0.626. The molecular formula is C15H33O4P. The van der Waals surface area contributed by atoms with E-state index in [4.69, 9.17) is 4.52 Å². The van der Waals surface area contributed by atoms with Crippen LogP contribution in [0, 0.1) is 0 Å². The fourth-order valence-corrected chi connectivity index (χ4v) is 3.44. The molecule has 0 aromatic carbocycles. The Bertz CT molecular complexity index is 265. The average Bonchev–Trinajstić information content (AvgIpc) is 2.35. The summed E-state index contributed by atoms with van der Waals surface area (Å²) in [5, 5.41) is 0. The summed E-state index contributed by atoms with van der Waals surface area (Å²) in [5.41, 5.74) is -0.626. The lowest BCUT2D eigenvalue weighted by Gasteiger charge is -2.34. The topological polar surface area (TPSA) is 66.8 Å². The Kier molecular flexibility index (Phi) is 10.8. The zero-order valence-corrected chi connectivity index (χ0v) is 14.3. The summed E-state index contributed by atoms with van der Waals surface area (Å²) in [6.07, 6.45) is 10.6. The van der Waals surface area contributed by atoms with E-state index in [0.717, 1.165) is 70.6 Å². The van der Waals surface area contributed by atoms with Crippen molar-refractivity contribution in [2.24, 2.45) is 0 Å². The van der Waals surface area contributed by atoms with Crippen LogP contribution >= 0.6 is 7.82 Å². The van der Waals surface area contributed by atoms with Crippen LogP contribution in [0.3, 0.4) is 0 Å². The summed E-state index contributed by atoms with van der Waals surface area (Å²) in [4.78, 5) is 18.5. The zero-order chi connectivity index (χ0) is 15.5. The van der Waals surface area contributed by atoms with Crippen molar-refractivity contribution in [1.29, 1.82) is 0 Å². The largest absolute Gasteiger partial charge is 0.470 e. The van der Waals surface area contributed by atoms with Gasteiger partial charge in [0.2, 0.25) is 0 Å². The van der Waals surface area contributed by atoms with Gasteiger partial charge < -0.3 is 9.79 Å². The van der Waals surface area contributed by atoms with Gasteiger partial charge in [-0.3, -0.25) is 4.52 Å². The third kappa shape index (κ3) is 9.93. The molecule has 0 atom stereocenters. The smallest absolute Gasteiger partial charge is 0.303 e. The van der Waals surface area contributed by atoms with Crippen molar-refractivity contribution in [3.63, 3.8) is 0 Å².